The van der Waals surface area contributed by atoms with Crippen LogP contribution in [0.5, 0.6) is 0 Å². The highest BCUT2D eigenvalue weighted by molar-refractivity contribution is 7.22. The number of hydrogen-bond acceptors (Lipinski definition) is 5. The standard InChI is InChI=1S/C10H7N3OS/c11-10-12-9(14-13-10)8-5-6-3-1-2-4-7(6)15-8/h1-5H,(H2,11,13). The summed E-state index contributed by atoms with van der Waals surface area (Å²) in [6.45, 7) is 0. The average Bonchev–Trinajstić information content (AvgIpc) is 2.82. The fourth-order valence-corrected chi connectivity index (χ4v) is 2.41. The van der Waals surface area contributed by atoms with Crippen molar-refractivity contribution in [3.05, 3.63) is 30.3 Å². The van der Waals surface area contributed by atoms with Crippen LogP contribution >= 0.6 is 11.3 Å². The lowest BCUT2D eigenvalue weighted by Crippen LogP contribution is -1.84. The van der Waals surface area contributed by atoms with Crippen LogP contribution in [0.3, 0.4) is 0 Å². The summed E-state index contributed by atoms with van der Waals surface area (Å²) >= 11 is 1.61. The minimum absolute atomic E-state index is 0.169. The third-order valence-electron chi connectivity index (χ3n) is 2.08. The SMILES string of the molecule is Nc1noc(-c2cc3ccccc3s2)n1. The van der Waals surface area contributed by atoms with Crippen molar-refractivity contribution in [2.75, 3.05) is 5.73 Å². The monoisotopic (exact) mass is 217 g/mol. The molecule has 1 aromatic carbocycles. The van der Waals surface area contributed by atoms with Crippen LogP contribution in [0.4, 0.5) is 5.95 Å². The predicted molar refractivity (Wildman–Crippen MR) is 59.5 cm³/mol. The first-order chi connectivity index (χ1) is 7.33. The summed E-state index contributed by atoms with van der Waals surface area (Å²) in [5, 5.41) is 4.74. The topological polar surface area (TPSA) is 64.9 Å². The third kappa shape index (κ3) is 1.37. The maximum Gasteiger partial charge on any atom is 0.269 e. The molecule has 3 rings (SSSR count). The van der Waals surface area contributed by atoms with Crippen molar-refractivity contribution in [2.45, 2.75) is 0 Å². The van der Waals surface area contributed by atoms with Gasteiger partial charge < -0.3 is 10.3 Å². The zero-order valence-corrected chi connectivity index (χ0v) is 8.49. The number of nitrogen functional groups attached to an aromatic ring is 1. The van der Waals surface area contributed by atoms with Crippen molar-refractivity contribution in [3.63, 3.8) is 0 Å². The van der Waals surface area contributed by atoms with Crippen molar-refractivity contribution < 1.29 is 4.52 Å². The predicted octanol–water partition coefficient (Wildman–Crippen LogP) is 2.53. The Morgan fingerprint density at radius 1 is 1.27 bits per heavy atom. The first-order valence-electron chi connectivity index (χ1n) is 4.41. The van der Waals surface area contributed by atoms with E-state index in [9.17, 15) is 0 Å². The first-order valence-corrected chi connectivity index (χ1v) is 5.23. The molecule has 2 heterocycles. The molecule has 0 saturated carbocycles. The van der Waals surface area contributed by atoms with Gasteiger partial charge in [-0.15, -0.1) is 11.3 Å². The highest BCUT2D eigenvalue weighted by atomic mass is 32.1. The quantitative estimate of drug-likeness (QED) is 0.680. The molecule has 0 aliphatic rings. The van der Waals surface area contributed by atoms with Crippen LogP contribution in [-0.4, -0.2) is 10.1 Å². The van der Waals surface area contributed by atoms with Gasteiger partial charge in [-0.05, 0) is 22.7 Å². The molecule has 5 heteroatoms. The third-order valence-corrected chi connectivity index (χ3v) is 3.18. The number of hydrogen-bond donors (Lipinski definition) is 1. The van der Waals surface area contributed by atoms with Gasteiger partial charge in [-0.25, -0.2) is 0 Å². The number of fused-ring (bicyclic) bond motifs is 1. The molecule has 2 N–H and O–H groups in total. The highest BCUT2D eigenvalue weighted by Crippen LogP contribution is 2.32. The Hall–Kier alpha value is -1.88. The summed E-state index contributed by atoms with van der Waals surface area (Å²) < 4.78 is 6.20. The van der Waals surface area contributed by atoms with Crippen LogP contribution in [0.15, 0.2) is 34.9 Å². The fourth-order valence-electron chi connectivity index (χ4n) is 1.42. The zero-order chi connectivity index (χ0) is 10.3. The van der Waals surface area contributed by atoms with Crippen LogP contribution in [0.1, 0.15) is 0 Å². The van der Waals surface area contributed by atoms with Crippen LogP contribution in [0.25, 0.3) is 20.9 Å². The first kappa shape index (κ1) is 8.43. The number of anilines is 1. The minimum Gasteiger partial charge on any atom is -0.365 e. The number of rotatable bonds is 1. The molecule has 0 atom stereocenters. The Balaban J connectivity index is 2.19. The molecule has 2 aromatic heterocycles. The van der Waals surface area contributed by atoms with Gasteiger partial charge in [-0.1, -0.05) is 18.2 Å². The van der Waals surface area contributed by atoms with Gasteiger partial charge in [0.05, 0.1) is 4.88 Å². The van der Waals surface area contributed by atoms with Crippen molar-refractivity contribution in [1.29, 1.82) is 0 Å². The summed E-state index contributed by atoms with van der Waals surface area (Å²) in [5.74, 6) is 0.649. The maximum absolute atomic E-state index is 5.40. The van der Waals surface area contributed by atoms with Crippen LogP contribution in [0, 0.1) is 0 Å². The van der Waals surface area contributed by atoms with E-state index in [1.165, 1.54) is 10.1 Å². The van der Waals surface area contributed by atoms with Gasteiger partial charge in [0.2, 0.25) is 0 Å². The molecular weight excluding hydrogens is 210 g/mol. The van der Waals surface area contributed by atoms with Gasteiger partial charge in [-0.2, -0.15) is 4.98 Å². The Morgan fingerprint density at radius 2 is 2.13 bits per heavy atom. The van der Waals surface area contributed by atoms with Gasteiger partial charge in [0.1, 0.15) is 0 Å². The summed E-state index contributed by atoms with van der Waals surface area (Å²) in [7, 11) is 0. The van der Waals surface area contributed by atoms with E-state index in [0.29, 0.717) is 5.89 Å². The van der Waals surface area contributed by atoms with Crippen molar-refractivity contribution >= 4 is 27.4 Å². The van der Waals surface area contributed by atoms with Gasteiger partial charge in [0.25, 0.3) is 11.8 Å². The van der Waals surface area contributed by atoms with E-state index in [0.717, 1.165) is 4.88 Å². The lowest BCUT2D eigenvalue weighted by Gasteiger charge is -1.82. The zero-order valence-electron chi connectivity index (χ0n) is 7.68. The van der Waals surface area contributed by atoms with Crippen molar-refractivity contribution in [1.82, 2.24) is 10.1 Å². The molecule has 15 heavy (non-hydrogen) atoms. The lowest BCUT2D eigenvalue weighted by atomic mass is 10.2. The Kier molecular flexibility index (Phi) is 1.72. The van der Waals surface area contributed by atoms with E-state index in [1.54, 1.807) is 11.3 Å². The number of nitrogens with two attached hydrogens (primary N) is 1. The average molecular weight is 217 g/mol. The number of benzene rings is 1. The smallest absolute Gasteiger partial charge is 0.269 e. The largest absolute Gasteiger partial charge is 0.365 e. The molecule has 0 unspecified atom stereocenters. The molecule has 0 bridgehead atoms. The molecule has 74 valence electrons. The molecule has 0 radical (unpaired) electrons. The van der Waals surface area contributed by atoms with Crippen molar-refractivity contribution in [2.24, 2.45) is 0 Å². The van der Waals surface area contributed by atoms with E-state index >= 15 is 0 Å². The second kappa shape index (κ2) is 3.06. The molecule has 4 nitrogen and oxygen atoms in total. The second-order valence-electron chi connectivity index (χ2n) is 3.11. The summed E-state index contributed by atoms with van der Waals surface area (Å²) in [6, 6.07) is 10.1. The van der Waals surface area contributed by atoms with E-state index in [4.69, 9.17) is 10.3 Å². The molecule has 0 aliphatic heterocycles. The van der Waals surface area contributed by atoms with Crippen molar-refractivity contribution in [3.8, 4) is 10.8 Å². The number of aromatic nitrogens is 2. The van der Waals surface area contributed by atoms with Crippen LogP contribution < -0.4 is 5.73 Å². The van der Waals surface area contributed by atoms with Gasteiger partial charge in [0, 0.05) is 4.70 Å². The summed E-state index contributed by atoms with van der Waals surface area (Å²) in [4.78, 5) is 4.93. The molecular formula is C10H7N3OS. The maximum atomic E-state index is 5.40. The van der Waals surface area contributed by atoms with Crippen LogP contribution in [-0.2, 0) is 0 Å². The molecule has 3 aromatic rings. The molecule has 0 saturated heterocycles. The van der Waals surface area contributed by atoms with Gasteiger partial charge in [0.15, 0.2) is 0 Å². The van der Waals surface area contributed by atoms with E-state index in [2.05, 4.69) is 22.3 Å². The normalized spacial score (nSPS) is 10.9. The molecule has 0 aliphatic carbocycles. The van der Waals surface area contributed by atoms with E-state index in [-0.39, 0.29) is 5.95 Å². The summed E-state index contributed by atoms with van der Waals surface area (Å²) in [5.41, 5.74) is 5.40. The number of nitrogens with zero attached hydrogens (tertiary/aromatic N) is 2. The Morgan fingerprint density at radius 3 is 2.87 bits per heavy atom. The lowest BCUT2D eigenvalue weighted by molar-refractivity contribution is 0.434. The van der Waals surface area contributed by atoms with E-state index < -0.39 is 0 Å². The van der Waals surface area contributed by atoms with Crippen LogP contribution in [0.2, 0.25) is 0 Å². The van der Waals surface area contributed by atoms with E-state index in [1.807, 2.05) is 18.2 Å². The number of thiophene rings is 1. The molecule has 0 amide bonds. The Bertz CT molecular complexity index is 581. The minimum atomic E-state index is 0.169. The molecule has 0 spiro atoms. The molecule has 0 fully saturated rings. The van der Waals surface area contributed by atoms with Gasteiger partial charge in [-0.3, -0.25) is 0 Å². The highest BCUT2D eigenvalue weighted by Gasteiger charge is 2.09. The summed E-state index contributed by atoms with van der Waals surface area (Å²) in [6.07, 6.45) is 0. The van der Waals surface area contributed by atoms with Gasteiger partial charge >= 0.3 is 0 Å². The Labute approximate surface area is 89.3 Å². The fraction of sp³-hybridized carbons (Fsp3) is 0. The second-order valence-corrected chi connectivity index (χ2v) is 4.19.